The van der Waals surface area contributed by atoms with Crippen molar-refractivity contribution < 1.29 is 9.84 Å². The molecule has 0 aliphatic rings. The van der Waals surface area contributed by atoms with Gasteiger partial charge in [-0.15, -0.1) is 0 Å². The van der Waals surface area contributed by atoms with Crippen LogP contribution in [0.4, 0.5) is 0 Å². The number of rotatable bonds is 4. The van der Waals surface area contributed by atoms with Crippen molar-refractivity contribution in [3.05, 3.63) is 40.9 Å². The van der Waals surface area contributed by atoms with Gasteiger partial charge in [0, 0.05) is 6.42 Å². The molecule has 0 saturated carbocycles. The Morgan fingerprint density at radius 2 is 1.89 bits per heavy atom. The zero-order chi connectivity index (χ0) is 13.2. The molecular weight excluding hydrogens is 292 g/mol. The molecule has 0 heterocycles. The fourth-order valence-electron chi connectivity index (χ4n) is 1.74. The Balaban J connectivity index is 2.17. The Hall–Kier alpha value is -1.06. The molecule has 2 aromatic carbocycles. The highest BCUT2D eigenvalue weighted by molar-refractivity contribution is 9.10. The van der Waals surface area contributed by atoms with E-state index in [1.807, 2.05) is 24.3 Å². The van der Waals surface area contributed by atoms with Crippen LogP contribution in [0.5, 0.6) is 5.75 Å². The summed E-state index contributed by atoms with van der Waals surface area (Å²) in [6, 6.07) is 12.1. The fraction of sp³-hybridized carbons (Fsp3) is 0.333. The molecule has 0 spiro atoms. The standard InChI is InChI=1S/C15H17BrO2/c1-15(2,17)9-10-18-13-8-7-11-5-3-4-6-12(11)14(13)16/h3-8,17H,9-10H2,1-2H3. The quantitative estimate of drug-likeness (QED) is 0.919. The van der Waals surface area contributed by atoms with E-state index in [0.29, 0.717) is 13.0 Å². The smallest absolute Gasteiger partial charge is 0.134 e. The molecule has 0 atom stereocenters. The van der Waals surface area contributed by atoms with Crippen molar-refractivity contribution in [1.82, 2.24) is 0 Å². The molecule has 2 nitrogen and oxygen atoms in total. The highest BCUT2D eigenvalue weighted by Crippen LogP contribution is 2.33. The van der Waals surface area contributed by atoms with Gasteiger partial charge in [0.05, 0.1) is 16.7 Å². The first-order valence-corrected chi connectivity index (χ1v) is 6.79. The van der Waals surface area contributed by atoms with E-state index < -0.39 is 5.60 Å². The largest absolute Gasteiger partial charge is 0.492 e. The maximum Gasteiger partial charge on any atom is 0.134 e. The molecule has 0 saturated heterocycles. The predicted molar refractivity (Wildman–Crippen MR) is 78.1 cm³/mol. The van der Waals surface area contributed by atoms with Gasteiger partial charge in [0.1, 0.15) is 5.75 Å². The van der Waals surface area contributed by atoms with Crippen LogP contribution in [0.3, 0.4) is 0 Å². The number of hydrogen-bond donors (Lipinski definition) is 1. The van der Waals surface area contributed by atoms with Crippen LogP contribution in [0.15, 0.2) is 40.9 Å². The van der Waals surface area contributed by atoms with Gasteiger partial charge in [0.2, 0.25) is 0 Å². The molecule has 2 rings (SSSR count). The Bertz CT molecular complexity index is 544. The zero-order valence-electron chi connectivity index (χ0n) is 10.6. The summed E-state index contributed by atoms with van der Waals surface area (Å²) in [4.78, 5) is 0. The van der Waals surface area contributed by atoms with E-state index in [9.17, 15) is 5.11 Å². The van der Waals surface area contributed by atoms with E-state index >= 15 is 0 Å². The van der Waals surface area contributed by atoms with Crippen LogP contribution in [0.2, 0.25) is 0 Å². The SMILES string of the molecule is CC(C)(O)CCOc1ccc2ccccc2c1Br. The third-order valence-electron chi connectivity index (χ3n) is 2.80. The molecule has 3 heteroatoms. The molecule has 0 amide bonds. The number of hydrogen-bond acceptors (Lipinski definition) is 2. The monoisotopic (exact) mass is 308 g/mol. The first-order valence-electron chi connectivity index (χ1n) is 6.00. The molecule has 96 valence electrons. The van der Waals surface area contributed by atoms with Crippen molar-refractivity contribution in [2.24, 2.45) is 0 Å². The van der Waals surface area contributed by atoms with Crippen LogP contribution in [-0.2, 0) is 0 Å². The van der Waals surface area contributed by atoms with Crippen molar-refractivity contribution in [3.8, 4) is 5.75 Å². The fourth-order valence-corrected chi connectivity index (χ4v) is 2.34. The summed E-state index contributed by atoms with van der Waals surface area (Å²) in [6.45, 7) is 4.07. The van der Waals surface area contributed by atoms with E-state index in [1.165, 1.54) is 5.39 Å². The highest BCUT2D eigenvalue weighted by atomic mass is 79.9. The van der Waals surface area contributed by atoms with Gasteiger partial charge in [-0.2, -0.15) is 0 Å². The second kappa shape index (κ2) is 5.29. The van der Waals surface area contributed by atoms with Crippen molar-refractivity contribution >= 4 is 26.7 Å². The maximum atomic E-state index is 9.65. The molecule has 0 unspecified atom stereocenters. The summed E-state index contributed by atoms with van der Waals surface area (Å²) in [7, 11) is 0. The van der Waals surface area contributed by atoms with Crippen LogP contribution >= 0.6 is 15.9 Å². The van der Waals surface area contributed by atoms with Gasteiger partial charge in [-0.25, -0.2) is 0 Å². The average molecular weight is 309 g/mol. The molecule has 0 aromatic heterocycles. The second-order valence-corrected chi connectivity index (χ2v) is 5.80. The van der Waals surface area contributed by atoms with E-state index in [4.69, 9.17) is 4.74 Å². The van der Waals surface area contributed by atoms with Gasteiger partial charge < -0.3 is 9.84 Å². The summed E-state index contributed by atoms with van der Waals surface area (Å²) in [5.41, 5.74) is -0.691. The summed E-state index contributed by atoms with van der Waals surface area (Å²) < 4.78 is 6.68. The third-order valence-corrected chi connectivity index (χ3v) is 3.62. The molecule has 18 heavy (non-hydrogen) atoms. The lowest BCUT2D eigenvalue weighted by molar-refractivity contribution is 0.0552. The number of ether oxygens (including phenoxy) is 1. The van der Waals surface area contributed by atoms with E-state index in [2.05, 4.69) is 28.1 Å². The summed E-state index contributed by atoms with van der Waals surface area (Å²) in [6.07, 6.45) is 0.603. The lowest BCUT2D eigenvalue weighted by atomic mass is 10.1. The minimum atomic E-state index is -0.691. The van der Waals surface area contributed by atoms with E-state index in [1.54, 1.807) is 13.8 Å². The number of halogens is 1. The first-order chi connectivity index (χ1) is 8.47. The van der Waals surface area contributed by atoms with Crippen molar-refractivity contribution in [1.29, 1.82) is 0 Å². The lowest BCUT2D eigenvalue weighted by Gasteiger charge is -2.17. The van der Waals surface area contributed by atoms with Crippen LogP contribution in [0, 0.1) is 0 Å². The second-order valence-electron chi connectivity index (χ2n) is 5.01. The van der Waals surface area contributed by atoms with E-state index in [0.717, 1.165) is 15.6 Å². The average Bonchev–Trinajstić information content (AvgIpc) is 2.31. The topological polar surface area (TPSA) is 29.5 Å². The molecule has 0 aliphatic heterocycles. The highest BCUT2D eigenvalue weighted by Gasteiger charge is 2.13. The zero-order valence-corrected chi connectivity index (χ0v) is 12.2. The van der Waals surface area contributed by atoms with Crippen molar-refractivity contribution in [2.45, 2.75) is 25.9 Å². The minimum absolute atomic E-state index is 0.500. The molecule has 1 N–H and O–H groups in total. The minimum Gasteiger partial charge on any atom is -0.492 e. The van der Waals surface area contributed by atoms with Gasteiger partial charge in [-0.1, -0.05) is 30.3 Å². The van der Waals surface area contributed by atoms with Gasteiger partial charge in [0.25, 0.3) is 0 Å². The number of aliphatic hydroxyl groups is 1. The summed E-state index contributed by atoms with van der Waals surface area (Å²) in [5, 5.41) is 12.0. The Labute approximate surface area is 116 Å². The molecule has 2 aromatic rings. The van der Waals surface area contributed by atoms with Gasteiger partial charge in [-0.3, -0.25) is 0 Å². The number of fused-ring (bicyclic) bond motifs is 1. The normalized spacial score (nSPS) is 11.8. The predicted octanol–water partition coefficient (Wildman–Crippen LogP) is 4.14. The van der Waals surface area contributed by atoms with Crippen LogP contribution in [-0.4, -0.2) is 17.3 Å². The Morgan fingerprint density at radius 3 is 2.61 bits per heavy atom. The summed E-state index contributed by atoms with van der Waals surface area (Å²) in [5.74, 6) is 0.818. The summed E-state index contributed by atoms with van der Waals surface area (Å²) >= 11 is 3.57. The van der Waals surface area contributed by atoms with Crippen molar-refractivity contribution in [2.75, 3.05) is 6.61 Å². The van der Waals surface area contributed by atoms with Gasteiger partial charge in [-0.05, 0) is 46.6 Å². The molecule has 0 radical (unpaired) electrons. The van der Waals surface area contributed by atoms with Crippen LogP contribution in [0.25, 0.3) is 10.8 Å². The third kappa shape index (κ3) is 3.24. The first kappa shape index (κ1) is 13.4. The van der Waals surface area contributed by atoms with Crippen molar-refractivity contribution in [3.63, 3.8) is 0 Å². The lowest BCUT2D eigenvalue weighted by Crippen LogP contribution is -2.21. The van der Waals surface area contributed by atoms with Crippen LogP contribution < -0.4 is 4.74 Å². The van der Waals surface area contributed by atoms with Crippen LogP contribution in [0.1, 0.15) is 20.3 Å². The van der Waals surface area contributed by atoms with Gasteiger partial charge in [0.15, 0.2) is 0 Å². The molecule has 0 aliphatic carbocycles. The Kier molecular flexibility index (Phi) is 3.93. The maximum absolute atomic E-state index is 9.65. The van der Waals surface area contributed by atoms with E-state index in [-0.39, 0.29) is 0 Å². The molecule has 0 bridgehead atoms. The molecular formula is C15H17BrO2. The van der Waals surface area contributed by atoms with Gasteiger partial charge >= 0.3 is 0 Å². The molecule has 0 fully saturated rings. The Morgan fingerprint density at radius 1 is 1.17 bits per heavy atom. The number of benzene rings is 2.